The third-order valence-electron chi connectivity index (χ3n) is 3.85. The summed E-state index contributed by atoms with van der Waals surface area (Å²) in [6.07, 6.45) is 8.88. The minimum Gasteiger partial charge on any atom is -0.311 e. The van der Waals surface area contributed by atoms with Gasteiger partial charge in [-0.25, -0.2) is 0 Å². The maximum atomic E-state index is 3.94. The fourth-order valence-corrected chi connectivity index (χ4v) is 2.64. The first-order chi connectivity index (χ1) is 7.88. The van der Waals surface area contributed by atoms with E-state index in [-0.39, 0.29) is 0 Å². The molecule has 1 fully saturated rings. The molecule has 0 amide bonds. The van der Waals surface area contributed by atoms with Gasteiger partial charge >= 0.3 is 0 Å². The Labute approximate surface area is 98.0 Å². The molecule has 1 aliphatic rings. The molecule has 0 saturated heterocycles. The lowest BCUT2D eigenvalue weighted by molar-refractivity contribution is 0.262. The number of rotatable bonds is 5. The summed E-state index contributed by atoms with van der Waals surface area (Å²) >= 11 is 0. The van der Waals surface area contributed by atoms with Gasteiger partial charge in [-0.15, -0.1) is 0 Å². The lowest BCUT2D eigenvalue weighted by Crippen LogP contribution is -2.26. The fraction of sp³-hybridized carbons (Fsp3) is 0.769. The molecule has 90 valence electrons. The molecule has 0 aromatic carbocycles. The van der Waals surface area contributed by atoms with Crippen LogP contribution in [0.25, 0.3) is 0 Å². The highest BCUT2D eigenvalue weighted by molar-refractivity contribution is 4.96. The molecule has 3 heteroatoms. The topological polar surface area (TPSA) is 40.7 Å². The van der Waals surface area contributed by atoms with E-state index in [1.165, 1.54) is 37.8 Å². The van der Waals surface area contributed by atoms with Gasteiger partial charge in [-0.3, -0.25) is 5.10 Å². The largest absolute Gasteiger partial charge is 0.311 e. The quantitative estimate of drug-likeness (QED) is 0.802. The van der Waals surface area contributed by atoms with Crippen molar-refractivity contribution in [2.75, 3.05) is 6.54 Å². The SMILES string of the molecule is CCC1CCC(CNCc2ccn[nH]2)CC1. The Morgan fingerprint density at radius 1 is 1.31 bits per heavy atom. The van der Waals surface area contributed by atoms with Crippen molar-refractivity contribution in [1.29, 1.82) is 0 Å². The van der Waals surface area contributed by atoms with Crippen molar-refractivity contribution in [3.63, 3.8) is 0 Å². The second-order valence-corrected chi connectivity index (χ2v) is 5.01. The van der Waals surface area contributed by atoms with Gasteiger partial charge < -0.3 is 5.32 Å². The van der Waals surface area contributed by atoms with Gasteiger partial charge in [0.2, 0.25) is 0 Å². The third kappa shape index (κ3) is 3.34. The Kier molecular flexibility index (Phi) is 4.40. The van der Waals surface area contributed by atoms with Crippen LogP contribution in [0, 0.1) is 11.8 Å². The fourth-order valence-electron chi connectivity index (χ4n) is 2.64. The van der Waals surface area contributed by atoms with Crippen molar-refractivity contribution < 1.29 is 0 Å². The van der Waals surface area contributed by atoms with Gasteiger partial charge in [0.15, 0.2) is 0 Å². The molecule has 0 bridgehead atoms. The van der Waals surface area contributed by atoms with Crippen LogP contribution in [0.3, 0.4) is 0 Å². The van der Waals surface area contributed by atoms with Crippen LogP contribution < -0.4 is 5.32 Å². The molecule has 0 aliphatic heterocycles. The number of nitrogens with zero attached hydrogens (tertiary/aromatic N) is 1. The summed E-state index contributed by atoms with van der Waals surface area (Å²) in [4.78, 5) is 0. The van der Waals surface area contributed by atoms with Crippen molar-refractivity contribution in [2.24, 2.45) is 11.8 Å². The van der Waals surface area contributed by atoms with Crippen molar-refractivity contribution >= 4 is 0 Å². The average molecular weight is 221 g/mol. The Hall–Kier alpha value is -0.830. The van der Waals surface area contributed by atoms with Crippen molar-refractivity contribution in [2.45, 2.75) is 45.6 Å². The third-order valence-corrected chi connectivity index (χ3v) is 3.85. The monoisotopic (exact) mass is 221 g/mol. The lowest BCUT2D eigenvalue weighted by atomic mass is 9.81. The maximum absolute atomic E-state index is 3.94. The van der Waals surface area contributed by atoms with Crippen LogP contribution in [0.4, 0.5) is 0 Å². The van der Waals surface area contributed by atoms with Gasteiger partial charge in [0.25, 0.3) is 0 Å². The number of hydrogen-bond donors (Lipinski definition) is 2. The molecule has 0 radical (unpaired) electrons. The van der Waals surface area contributed by atoms with E-state index in [0.717, 1.165) is 24.9 Å². The van der Waals surface area contributed by atoms with Crippen LogP contribution in [0.5, 0.6) is 0 Å². The molecule has 16 heavy (non-hydrogen) atoms. The molecule has 3 nitrogen and oxygen atoms in total. The highest BCUT2D eigenvalue weighted by Gasteiger charge is 2.19. The van der Waals surface area contributed by atoms with Gasteiger partial charge in [-0.1, -0.05) is 26.2 Å². The van der Waals surface area contributed by atoms with Crippen LogP contribution >= 0.6 is 0 Å². The molecule has 1 heterocycles. The zero-order chi connectivity index (χ0) is 11.2. The predicted octanol–water partition coefficient (Wildman–Crippen LogP) is 2.72. The van der Waals surface area contributed by atoms with Gasteiger partial charge in [0.05, 0.1) is 0 Å². The zero-order valence-electron chi connectivity index (χ0n) is 10.2. The molecule has 2 rings (SSSR count). The number of hydrogen-bond acceptors (Lipinski definition) is 2. The molecule has 0 unspecified atom stereocenters. The second-order valence-electron chi connectivity index (χ2n) is 5.01. The summed E-state index contributed by atoms with van der Waals surface area (Å²) in [6.45, 7) is 4.41. The van der Waals surface area contributed by atoms with Gasteiger partial charge in [0.1, 0.15) is 0 Å². The average Bonchev–Trinajstić information content (AvgIpc) is 2.83. The first kappa shape index (κ1) is 11.6. The number of H-pyrrole nitrogens is 1. The molecule has 1 aromatic rings. The summed E-state index contributed by atoms with van der Waals surface area (Å²) in [6, 6.07) is 2.03. The van der Waals surface area contributed by atoms with E-state index >= 15 is 0 Å². The van der Waals surface area contributed by atoms with Crippen LogP contribution in [0.15, 0.2) is 12.3 Å². The molecule has 0 spiro atoms. The number of aromatic nitrogens is 2. The highest BCUT2D eigenvalue weighted by Crippen LogP contribution is 2.30. The van der Waals surface area contributed by atoms with E-state index in [4.69, 9.17) is 0 Å². The molecule has 0 atom stereocenters. The van der Waals surface area contributed by atoms with Crippen LogP contribution in [-0.4, -0.2) is 16.7 Å². The van der Waals surface area contributed by atoms with E-state index in [0.29, 0.717) is 0 Å². The number of aromatic amines is 1. The minimum absolute atomic E-state index is 0.894. The maximum Gasteiger partial charge on any atom is 0.0490 e. The van der Waals surface area contributed by atoms with Gasteiger partial charge in [-0.05, 0) is 37.3 Å². The van der Waals surface area contributed by atoms with Crippen molar-refractivity contribution in [1.82, 2.24) is 15.5 Å². The van der Waals surface area contributed by atoms with Gasteiger partial charge in [0, 0.05) is 18.4 Å². The van der Waals surface area contributed by atoms with Crippen molar-refractivity contribution in [3.8, 4) is 0 Å². The van der Waals surface area contributed by atoms with E-state index in [1.54, 1.807) is 0 Å². The first-order valence-corrected chi connectivity index (χ1v) is 6.57. The standard InChI is InChI=1S/C13H23N3/c1-2-11-3-5-12(6-4-11)9-14-10-13-7-8-15-16-13/h7-8,11-12,14H,2-6,9-10H2,1H3,(H,15,16). The molecular weight excluding hydrogens is 198 g/mol. The Morgan fingerprint density at radius 2 is 2.06 bits per heavy atom. The van der Waals surface area contributed by atoms with Crippen LogP contribution in [0.2, 0.25) is 0 Å². The predicted molar refractivity (Wildman–Crippen MR) is 66.0 cm³/mol. The molecule has 2 N–H and O–H groups in total. The van der Waals surface area contributed by atoms with E-state index in [9.17, 15) is 0 Å². The molecular formula is C13H23N3. The summed E-state index contributed by atoms with van der Waals surface area (Å²) in [5.74, 6) is 1.90. The molecule has 1 saturated carbocycles. The van der Waals surface area contributed by atoms with E-state index < -0.39 is 0 Å². The molecule has 1 aromatic heterocycles. The second kappa shape index (κ2) is 6.04. The summed E-state index contributed by atoms with van der Waals surface area (Å²) in [5.41, 5.74) is 1.18. The Balaban J connectivity index is 1.60. The number of nitrogens with one attached hydrogen (secondary N) is 2. The first-order valence-electron chi connectivity index (χ1n) is 6.57. The summed E-state index contributed by atoms with van der Waals surface area (Å²) in [5, 5.41) is 10.4. The molecule has 1 aliphatic carbocycles. The normalized spacial score (nSPS) is 25.8. The van der Waals surface area contributed by atoms with E-state index in [1.807, 2.05) is 12.3 Å². The summed E-state index contributed by atoms with van der Waals surface area (Å²) in [7, 11) is 0. The lowest BCUT2D eigenvalue weighted by Gasteiger charge is -2.27. The van der Waals surface area contributed by atoms with Gasteiger partial charge in [-0.2, -0.15) is 5.10 Å². The zero-order valence-corrected chi connectivity index (χ0v) is 10.2. The van der Waals surface area contributed by atoms with Crippen LogP contribution in [-0.2, 0) is 6.54 Å². The Bertz CT molecular complexity index is 273. The smallest absolute Gasteiger partial charge is 0.0490 e. The minimum atomic E-state index is 0.894. The van der Waals surface area contributed by atoms with E-state index in [2.05, 4.69) is 22.4 Å². The highest BCUT2D eigenvalue weighted by atomic mass is 15.1. The van der Waals surface area contributed by atoms with Crippen LogP contribution in [0.1, 0.15) is 44.7 Å². The summed E-state index contributed by atoms with van der Waals surface area (Å²) < 4.78 is 0. The van der Waals surface area contributed by atoms with Crippen molar-refractivity contribution in [3.05, 3.63) is 18.0 Å². The Morgan fingerprint density at radius 3 is 2.69 bits per heavy atom.